The molecule has 7 nitrogen and oxygen atoms in total. The van der Waals surface area contributed by atoms with Gasteiger partial charge in [-0.2, -0.15) is 0 Å². The van der Waals surface area contributed by atoms with Gasteiger partial charge in [-0.1, -0.05) is 23.4 Å². The van der Waals surface area contributed by atoms with Gasteiger partial charge < -0.3 is 14.5 Å². The van der Waals surface area contributed by atoms with E-state index < -0.39 is 0 Å². The van der Waals surface area contributed by atoms with E-state index in [2.05, 4.69) is 19.7 Å². The number of aromatic nitrogens is 3. The van der Waals surface area contributed by atoms with Crippen LogP contribution >= 0.6 is 34.7 Å². The number of hydrogen-bond donors (Lipinski definition) is 0. The Morgan fingerprint density at radius 2 is 2.15 bits per heavy atom. The number of halogens is 1. The van der Waals surface area contributed by atoms with Crippen molar-refractivity contribution >= 4 is 46.6 Å². The van der Waals surface area contributed by atoms with Gasteiger partial charge in [0, 0.05) is 31.1 Å². The van der Waals surface area contributed by atoms with Crippen LogP contribution in [0.4, 0.5) is 5.95 Å². The predicted molar refractivity (Wildman–Crippen MR) is 108 cm³/mol. The van der Waals surface area contributed by atoms with Crippen molar-refractivity contribution in [2.75, 3.05) is 44.0 Å². The summed E-state index contributed by atoms with van der Waals surface area (Å²) in [5, 5.41) is 9.63. The molecule has 2 aromatic rings. The molecule has 10 heteroatoms. The Morgan fingerprint density at radius 1 is 1.37 bits per heavy atom. The molecule has 1 saturated carbocycles. The number of nitrogens with zero attached hydrogens (tertiary/aromatic N) is 5. The van der Waals surface area contributed by atoms with E-state index in [1.54, 1.807) is 4.90 Å². The first-order valence-corrected chi connectivity index (χ1v) is 11.2. The molecular formula is C17H22ClN5O2S2. The molecule has 2 fully saturated rings. The third-order valence-corrected chi connectivity index (χ3v) is 6.77. The van der Waals surface area contributed by atoms with Crippen molar-refractivity contribution in [2.24, 2.45) is 0 Å². The Morgan fingerprint density at radius 3 is 2.81 bits per heavy atom. The molecule has 2 aromatic heterocycles. The van der Waals surface area contributed by atoms with E-state index in [9.17, 15) is 4.79 Å². The van der Waals surface area contributed by atoms with Crippen LogP contribution in [-0.4, -0.2) is 64.7 Å². The standard InChI is InChI=1S/C17H22ClN5O2S2/c1-21(10-13-4-5-14(18)27-13)15(24)11-26-17-20-19-16(23(17)12-2-3-12)22-6-8-25-9-7-22/h4-5,12H,2-3,6-11H2,1H3. The number of carbonyl (C=O) groups is 1. The van der Waals surface area contributed by atoms with Crippen LogP contribution in [0, 0.1) is 0 Å². The average molecular weight is 428 g/mol. The highest BCUT2D eigenvalue weighted by molar-refractivity contribution is 7.99. The van der Waals surface area contributed by atoms with Crippen LogP contribution in [0.1, 0.15) is 23.8 Å². The molecular weight excluding hydrogens is 406 g/mol. The maximum Gasteiger partial charge on any atom is 0.233 e. The van der Waals surface area contributed by atoms with Crippen molar-refractivity contribution in [2.45, 2.75) is 30.6 Å². The second kappa shape index (κ2) is 8.38. The van der Waals surface area contributed by atoms with Crippen molar-refractivity contribution in [1.82, 2.24) is 19.7 Å². The zero-order valence-corrected chi connectivity index (χ0v) is 17.5. The number of carbonyl (C=O) groups excluding carboxylic acids is 1. The van der Waals surface area contributed by atoms with Crippen LogP contribution in [0.5, 0.6) is 0 Å². The minimum Gasteiger partial charge on any atom is -0.378 e. The lowest BCUT2D eigenvalue weighted by Crippen LogP contribution is -2.38. The van der Waals surface area contributed by atoms with Gasteiger partial charge >= 0.3 is 0 Å². The van der Waals surface area contributed by atoms with E-state index in [0.29, 0.717) is 18.3 Å². The van der Waals surface area contributed by atoms with Crippen molar-refractivity contribution < 1.29 is 9.53 Å². The second-order valence-corrected chi connectivity index (χ2v) is 9.47. The third kappa shape index (κ3) is 4.59. The highest BCUT2D eigenvalue weighted by atomic mass is 35.5. The quantitative estimate of drug-likeness (QED) is 0.633. The van der Waals surface area contributed by atoms with Crippen molar-refractivity contribution in [3.63, 3.8) is 0 Å². The van der Waals surface area contributed by atoms with E-state index in [4.69, 9.17) is 16.3 Å². The molecule has 1 aliphatic carbocycles. The molecule has 27 heavy (non-hydrogen) atoms. The Labute approximate surface area is 171 Å². The molecule has 0 spiro atoms. The molecule has 0 bridgehead atoms. The van der Waals surface area contributed by atoms with Crippen molar-refractivity contribution in [3.8, 4) is 0 Å². The summed E-state index contributed by atoms with van der Waals surface area (Å²) in [7, 11) is 1.82. The Bertz CT molecular complexity index is 801. The fourth-order valence-corrected chi connectivity index (χ4v) is 5.08. The van der Waals surface area contributed by atoms with Gasteiger partial charge in [0.15, 0.2) is 5.16 Å². The number of amides is 1. The van der Waals surface area contributed by atoms with Crippen LogP contribution in [0.2, 0.25) is 4.34 Å². The summed E-state index contributed by atoms with van der Waals surface area (Å²) in [6, 6.07) is 4.28. The molecule has 0 N–H and O–H groups in total. The summed E-state index contributed by atoms with van der Waals surface area (Å²) in [5.74, 6) is 1.34. The molecule has 0 unspecified atom stereocenters. The topological polar surface area (TPSA) is 63.5 Å². The van der Waals surface area contributed by atoms with Crippen LogP contribution in [0.25, 0.3) is 0 Å². The Balaban J connectivity index is 1.39. The predicted octanol–water partition coefficient (Wildman–Crippen LogP) is 2.92. The fourth-order valence-electron chi connectivity index (χ4n) is 2.99. The summed E-state index contributed by atoms with van der Waals surface area (Å²) >= 11 is 8.94. The van der Waals surface area contributed by atoms with Crippen LogP contribution in [-0.2, 0) is 16.1 Å². The molecule has 3 heterocycles. The van der Waals surface area contributed by atoms with E-state index in [1.165, 1.54) is 23.1 Å². The van der Waals surface area contributed by atoms with Gasteiger partial charge in [-0.05, 0) is 25.0 Å². The lowest BCUT2D eigenvalue weighted by Gasteiger charge is -2.27. The van der Waals surface area contributed by atoms with E-state index >= 15 is 0 Å². The zero-order valence-electron chi connectivity index (χ0n) is 15.1. The molecule has 146 valence electrons. The third-order valence-electron chi connectivity index (χ3n) is 4.62. The number of morpholine rings is 1. The number of rotatable bonds is 7. The van der Waals surface area contributed by atoms with Gasteiger partial charge in [0.25, 0.3) is 0 Å². The number of ether oxygens (including phenoxy) is 1. The number of thioether (sulfide) groups is 1. The Kier molecular flexibility index (Phi) is 5.91. The van der Waals surface area contributed by atoms with Gasteiger partial charge in [-0.25, -0.2) is 0 Å². The molecule has 1 amide bonds. The molecule has 2 aliphatic rings. The fraction of sp³-hybridized carbons (Fsp3) is 0.588. The second-order valence-electron chi connectivity index (χ2n) is 6.73. The van der Waals surface area contributed by atoms with Crippen LogP contribution in [0.3, 0.4) is 0 Å². The minimum absolute atomic E-state index is 0.0720. The van der Waals surface area contributed by atoms with Crippen LogP contribution in [0.15, 0.2) is 17.3 Å². The maximum absolute atomic E-state index is 12.5. The normalized spacial score (nSPS) is 17.3. The molecule has 1 saturated heterocycles. The van der Waals surface area contributed by atoms with E-state index in [-0.39, 0.29) is 5.91 Å². The lowest BCUT2D eigenvalue weighted by molar-refractivity contribution is -0.127. The van der Waals surface area contributed by atoms with E-state index in [1.807, 2.05) is 19.2 Å². The smallest absolute Gasteiger partial charge is 0.233 e. The van der Waals surface area contributed by atoms with Crippen molar-refractivity contribution in [1.29, 1.82) is 0 Å². The molecule has 0 atom stereocenters. The summed E-state index contributed by atoms with van der Waals surface area (Å²) in [5.41, 5.74) is 0. The summed E-state index contributed by atoms with van der Waals surface area (Å²) in [4.78, 5) is 17.6. The highest BCUT2D eigenvalue weighted by Crippen LogP contribution is 2.41. The SMILES string of the molecule is CN(Cc1ccc(Cl)s1)C(=O)CSc1nnc(N2CCOCC2)n1C1CC1. The summed E-state index contributed by atoms with van der Waals surface area (Å²) < 4.78 is 8.39. The first kappa shape index (κ1) is 19.0. The van der Waals surface area contributed by atoms with Gasteiger partial charge in [0.1, 0.15) is 0 Å². The van der Waals surface area contributed by atoms with Gasteiger partial charge in [-0.15, -0.1) is 21.5 Å². The maximum atomic E-state index is 12.5. The summed E-state index contributed by atoms with van der Waals surface area (Å²) in [6.07, 6.45) is 2.30. The highest BCUT2D eigenvalue weighted by Gasteiger charge is 2.32. The van der Waals surface area contributed by atoms with Gasteiger partial charge in [-0.3, -0.25) is 9.36 Å². The first-order chi connectivity index (χ1) is 13.1. The van der Waals surface area contributed by atoms with Gasteiger partial charge in [0.2, 0.25) is 11.9 Å². The number of thiophene rings is 1. The molecule has 4 rings (SSSR count). The molecule has 1 aliphatic heterocycles. The molecule has 0 radical (unpaired) electrons. The largest absolute Gasteiger partial charge is 0.378 e. The Hall–Kier alpha value is -1.29. The zero-order chi connectivity index (χ0) is 18.8. The first-order valence-electron chi connectivity index (χ1n) is 9.00. The number of anilines is 1. The number of hydrogen-bond acceptors (Lipinski definition) is 7. The van der Waals surface area contributed by atoms with Crippen molar-refractivity contribution in [3.05, 3.63) is 21.3 Å². The monoisotopic (exact) mass is 427 g/mol. The average Bonchev–Trinajstić information content (AvgIpc) is 3.30. The van der Waals surface area contributed by atoms with E-state index in [0.717, 1.165) is 59.5 Å². The molecule has 0 aromatic carbocycles. The van der Waals surface area contributed by atoms with Gasteiger partial charge in [0.05, 0.1) is 29.8 Å². The summed E-state index contributed by atoms with van der Waals surface area (Å²) in [6.45, 7) is 3.68. The minimum atomic E-state index is 0.0720. The lowest BCUT2D eigenvalue weighted by atomic mass is 10.4. The van der Waals surface area contributed by atoms with Crippen LogP contribution < -0.4 is 4.90 Å².